The Bertz CT molecular complexity index is 1420. The summed E-state index contributed by atoms with van der Waals surface area (Å²) in [6.07, 6.45) is -0.0401. The highest BCUT2D eigenvalue weighted by Crippen LogP contribution is 2.43. The Hall–Kier alpha value is -4.46. The molecule has 1 atom stereocenters. The molecule has 0 saturated carbocycles. The van der Waals surface area contributed by atoms with Gasteiger partial charge in [0.1, 0.15) is 11.5 Å². The van der Waals surface area contributed by atoms with Gasteiger partial charge in [-0.2, -0.15) is 0 Å². The molecule has 8 heteroatoms. The fourth-order valence-corrected chi connectivity index (χ4v) is 4.46. The third-order valence-electron chi connectivity index (χ3n) is 6.35. The summed E-state index contributed by atoms with van der Waals surface area (Å²) < 4.78 is 5.74. The first-order valence-electron chi connectivity index (χ1n) is 12.3. The van der Waals surface area contributed by atoms with Crippen molar-refractivity contribution in [3.8, 4) is 5.75 Å². The molecule has 0 radical (unpaired) electrons. The number of ketones is 1. The van der Waals surface area contributed by atoms with Crippen LogP contribution in [-0.2, 0) is 15.0 Å². The normalized spacial score (nSPS) is 17.2. The molecule has 1 aliphatic heterocycles. The summed E-state index contributed by atoms with van der Waals surface area (Å²) in [5.74, 6) is -1.53. The van der Waals surface area contributed by atoms with Crippen molar-refractivity contribution in [1.29, 1.82) is 0 Å². The van der Waals surface area contributed by atoms with Gasteiger partial charge in [0.2, 0.25) is 0 Å². The predicted molar refractivity (Wildman–Crippen MR) is 145 cm³/mol. The molecule has 1 aliphatic rings. The van der Waals surface area contributed by atoms with Crippen molar-refractivity contribution in [2.45, 2.75) is 52.2 Å². The fraction of sp³-hybridized carbons (Fsp3) is 0.267. The number of aliphatic hydroxyl groups excluding tert-OH is 1. The van der Waals surface area contributed by atoms with Gasteiger partial charge in [0.05, 0.1) is 22.6 Å². The van der Waals surface area contributed by atoms with E-state index in [9.17, 15) is 24.8 Å². The second kappa shape index (κ2) is 10.1. The van der Waals surface area contributed by atoms with E-state index in [2.05, 4.69) is 20.8 Å². The molecule has 1 saturated heterocycles. The van der Waals surface area contributed by atoms with Crippen molar-refractivity contribution >= 4 is 28.8 Å². The molecule has 3 aromatic carbocycles. The molecule has 8 nitrogen and oxygen atoms in total. The monoisotopic (exact) mass is 514 g/mol. The van der Waals surface area contributed by atoms with E-state index >= 15 is 0 Å². The van der Waals surface area contributed by atoms with Gasteiger partial charge in [-0.05, 0) is 54.7 Å². The molecule has 3 aromatic rings. The summed E-state index contributed by atoms with van der Waals surface area (Å²) in [5, 5.41) is 22.6. The largest absolute Gasteiger partial charge is 0.507 e. The summed E-state index contributed by atoms with van der Waals surface area (Å²) in [6, 6.07) is 18.7. The lowest BCUT2D eigenvalue weighted by molar-refractivity contribution is -0.384. The molecule has 1 N–H and O–H groups in total. The second-order valence-electron chi connectivity index (χ2n) is 10.5. The van der Waals surface area contributed by atoms with Crippen molar-refractivity contribution in [2.75, 3.05) is 4.90 Å². The van der Waals surface area contributed by atoms with Crippen LogP contribution in [0.15, 0.2) is 78.4 Å². The maximum Gasteiger partial charge on any atom is 0.300 e. The molecule has 0 spiro atoms. The predicted octanol–water partition coefficient (Wildman–Crippen LogP) is 6.31. The summed E-state index contributed by atoms with van der Waals surface area (Å²) >= 11 is 0. The average molecular weight is 515 g/mol. The van der Waals surface area contributed by atoms with Crippen LogP contribution in [0.25, 0.3) is 5.76 Å². The Balaban J connectivity index is 1.89. The molecule has 1 fully saturated rings. The number of ether oxygens (including phenoxy) is 1. The van der Waals surface area contributed by atoms with Crippen LogP contribution in [0.5, 0.6) is 5.75 Å². The van der Waals surface area contributed by atoms with Gasteiger partial charge in [-0.3, -0.25) is 24.6 Å². The Morgan fingerprint density at radius 2 is 1.63 bits per heavy atom. The Morgan fingerprint density at radius 3 is 2.18 bits per heavy atom. The lowest BCUT2D eigenvalue weighted by Gasteiger charge is -2.27. The molecule has 0 aliphatic carbocycles. The van der Waals surface area contributed by atoms with Crippen LogP contribution in [0.4, 0.5) is 11.4 Å². The van der Waals surface area contributed by atoms with Crippen LogP contribution >= 0.6 is 0 Å². The second-order valence-corrected chi connectivity index (χ2v) is 10.5. The van der Waals surface area contributed by atoms with Crippen LogP contribution in [0.1, 0.15) is 57.4 Å². The molecule has 1 amide bonds. The molecular weight excluding hydrogens is 484 g/mol. The van der Waals surface area contributed by atoms with Crippen LogP contribution < -0.4 is 9.64 Å². The number of nitro benzene ring substituents is 1. The Morgan fingerprint density at radius 1 is 1.00 bits per heavy atom. The molecule has 0 aromatic heterocycles. The molecule has 4 rings (SSSR count). The van der Waals surface area contributed by atoms with Crippen molar-refractivity contribution in [2.24, 2.45) is 0 Å². The van der Waals surface area contributed by atoms with E-state index in [1.54, 1.807) is 36.4 Å². The number of hydrogen-bond acceptors (Lipinski definition) is 6. The standard InChI is InChI=1S/C30H30N2O6/c1-18(2)38-24-15-9-19(10-16-24)26-25(27(33)20-7-6-8-23(17-20)32(36)37)28(34)29(35)31(26)22-13-11-21(12-14-22)30(3,4)5/h6-18,26,33H,1-5H3/b27-25-. The zero-order valence-corrected chi connectivity index (χ0v) is 22.0. The van der Waals surface area contributed by atoms with Crippen molar-refractivity contribution < 1.29 is 24.4 Å². The summed E-state index contributed by atoms with van der Waals surface area (Å²) in [5.41, 5.74) is 1.70. The number of carbonyl (C=O) groups is 2. The molecule has 38 heavy (non-hydrogen) atoms. The molecule has 196 valence electrons. The lowest BCUT2D eigenvalue weighted by Crippen LogP contribution is -2.29. The SMILES string of the molecule is CC(C)Oc1ccc(C2/C(=C(/O)c3cccc([N+](=O)[O-])c3)C(=O)C(=O)N2c2ccc(C(C)(C)C)cc2)cc1. The number of Topliss-reactive ketones (excluding diaryl/α,β-unsaturated/α-hetero) is 1. The van der Waals surface area contributed by atoms with Gasteiger partial charge in [-0.15, -0.1) is 0 Å². The van der Waals surface area contributed by atoms with E-state index in [1.165, 1.54) is 29.2 Å². The number of nitro groups is 1. The number of non-ortho nitro benzene ring substituents is 1. The van der Waals surface area contributed by atoms with Crippen molar-refractivity contribution in [3.63, 3.8) is 0 Å². The highest BCUT2D eigenvalue weighted by molar-refractivity contribution is 6.51. The molecule has 0 bridgehead atoms. The third kappa shape index (κ3) is 5.16. The number of aliphatic hydroxyl groups is 1. The highest BCUT2D eigenvalue weighted by atomic mass is 16.6. The van der Waals surface area contributed by atoms with E-state index in [1.807, 2.05) is 26.0 Å². The zero-order valence-electron chi connectivity index (χ0n) is 22.0. The minimum atomic E-state index is -0.956. The molecular formula is C30H30N2O6. The van der Waals surface area contributed by atoms with Gasteiger partial charge < -0.3 is 9.84 Å². The zero-order chi connectivity index (χ0) is 27.8. The van der Waals surface area contributed by atoms with Gasteiger partial charge in [-0.25, -0.2) is 0 Å². The van der Waals surface area contributed by atoms with E-state index in [0.717, 1.165) is 5.56 Å². The van der Waals surface area contributed by atoms with Gasteiger partial charge in [0, 0.05) is 23.4 Å². The van der Waals surface area contributed by atoms with Crippen LogP contribution in [-0.4, -0.2) is 27.8 Å². The Kier molecular flexibility index (Phi) is 7.09. The van der Waals surface area contributed by atoms with Crippen molar-refractivity contribution in [1.82, 2.24) is 0 Å². The van der Waals surface area contributed by atoms with Crippen LogP contribution in [0.2, 0.25) is 0 Å². The van der Waals surface area contributed by atoms with E-state index < -0.39 is 28.4 Å². The first kappa shape index (κ1) is 26.6. The van der Waals surface area contributed by atoms with E-state index in [0.29, 0.717) is 17.0 Å². The first-order valence-corrected chi connectivity index (χ1v) is 12.3. The first-order chi connectivity index (χ1) is 17.9. The number of nitrogens with zero attached hydrogens (tertiary/aromatic N) is 2. The summed E-state index contributed by atoms with van der Waals surface area (Å²) in [7, 11) is 0. The topological polar surface area (TPSA) is 110 Å². The van der Waals surface area contributed by atoms with Crippen LogP contribution in [0, 0.1) is 10.1 Å². The number of benzene rings is 3. The minimum Gasteiger partial charge on any atom is -0.507 e. The van der Waals surface area contributed by atoms with Crippen LogP contribution in [0.3, 0.4) is 0 Å². The summed E-state index contributed by atoms with van der Waals surface area (Å²) in [4.78, 5) is 38.9. The maximum atomic E-state index is 13.4. The fourth-order valence-electron chi connectivity index (χ4n) is 4.46. The van der Waals surface area contributed by atoms with Crippen molar-refractivity contribution in [3.05, 3.63) is 105 Å². The van der Waals surface area contributed by atoms with Gasteiger partial charge in [0.15, 0.2) is 0 Å². The lowest BCUT2D eigenvalue weighted by atomic mass is 9.87. The molecule has 1 unspecified atom stereocenters. The van der Waals surface area contributed by atoms with Gasteiger partial charge in [0.25, 0.3) is 17.4 Å². The smallest absolute Gasteiger partial charge is 0.300 e. The molecule has 1 heterocycles. The Labute approximate surface area is 221 Å². The highest BCUT2D eigenvalue weighted by Gasteiger charge is 2.47. The maximum absolute atomic E-state index is 13.4. The van der Waals surface area contributed by atoms with Gasteiger partial charge >= 0.3 is 0 Å². The quantitative estimate of drug-likeness (QED) is 0.136. The minimum absolute atomic E-state index is 0.0401. The number of amides is 1. The average Bonchev–Trinajstić information content (AvgIpc) is 3.13. The number of anilines is 1. The number of rotatable bonds is 6. The van der Waals surface area contributed by atoms with E-state index in [-0.39, 0.29) is 28.3 Å². The third-order valence-corrected chi connectivity index (χ3v) is 6.35. The number of carbonyl (C=O) groups excluding carboxylic acids is 2. The van der Waals surface area contributed by atoms with E-state index in [4.69, 9.17) is 4.74 Å². The number of hydrogen-bond donors (Lipinski definition) is 1. The summed E-state index contributed by atoms with van der Waals surface area (Å²) in [6.45, 7) is 10.0. The van der Waals surface area contributed by atoms with Gasteiger partial charge in [-0.1, -0.05) is 57.2 Å².